The van der Waals surface area contributed by atoms with Crippen molar-refractivity contribution in [2.24, 2.45) is 17.6 Å². The van der Waals surface area contributed by atoms with Crippen LogP contribution >= 0.6 is 15.9 Å². The Hall–Kier alpha value is -0.380. The van der Waals surface area contributed by atoms with E-state index in [0.29, 0.717) is 12.6 Å². The molecule has 106 valence electrons. The SMILES string of the molecule is Cc1cc(C(CN)N2CC(C)CC(C)C2)ccc1Br. The predicted molar refractivity (Wildman–Crippen MR) is 85.2 cm³/mol. The third-order valence-electron chi connectivity index (χ3n) is 4.13. The Kier molecular flexibility index (Phi) is 5.04. The largest absolute Gasteiger partial charge is 0.329 e. The average Bonchev–Trinajstić information content (AvgIpc) is 2.33. The number of piperidine rings is 1. The third-order valence-corrected chi connectivity index (χ3v) is 5.02. The molecule has 0 bridgehead atoms. The highest BCUT2D eigenvalue weighted by Gasteiger charge is 2.27. The quantitative estimate of drug-likeness (QED) is 0.917. The molecule has 3 atom stereocenters. The first-order valence-electron chi connectivity index (χ1n) is 7.21. The number of benzene rings is 1. The van der Waals surface area contributed by atoms with Gasteiger partial charge in [-0.15, -0.1) is 0 Å². The van der Waals surface area contributed by atoms with Crippen molar-refractivity contribution in [1.29, 1.82) is 0 Å². The number of likely N-dealkylation sites (tertiary alicyclic amines) is 1. The van der Waals surface area contributed by atoms with Crippen LogP contribution in [-0.2, 0) is 0 Å². The molecule has 0 amide bonds. The van der Waals surface area contributed by atoms with E-state index in [4.69, 9.17) is 5.73 Å². The molecule has 0 saturated carbocycles. The molecule has 1 fully saturated rings. The van der Waals surface area contributed by atoms with E-state index in [-0.39, 0.29) is 0 Å². The molecule has 1 aliphatic heterocycles. The zero-order valence-corrected chi connectivity index (χ0v) is 13.8. The van der Waals surface area contributed by atoms with Gasteiger partial charge in [-0.05, 0) is 42.4 Å². The standard InChI is InChI=1S/C16H25BrN2/c1-11-6-12(2)10-19(9-11)16(8-18)14-4-5-15(17)13(3)7-14/h4-5,7,11-12,16H,6,8-10,18H2,1-3H3. The number of aryl methyl sites for hydroxylation is 1. The molecule has 2 rings (SSSR count). The summed E-state index contributed by atoms with van der Waals surface area (Å²) in [6.07, 6.45) is 1.34. The smallest absolute Gasteiger partial charge is 0.0470 e. The van der Waals surface area contributed by atoms with Crippen LogP contribution in [0, 0.1) is 18.8 Å². The highest BCUT2D eigenvalue weighted by atomic mass is 79.9. The molecular weight excluding hydrogens is 300 g/mol. The second-order valence-corrected chi connectivity index (χ2v) is 7.01. The number of nitrogens with zero attached hydrogens (tertiary/aromatic N) is 1. The first-order valence-corrected chi connectivity index (χ1v) is 8.00. The summed E-state index contributed by atoms with van der Waals surface area (Å²) in [5, 5.41) is 0. The molecule has 3 heteroatoms. The molecule has 2 N–H and O–H groups in total. The number of rotatable bonds is 3. The number of halogens is 1. The first kappa shape index (κ1) is 15.0. The van der Waals surface area contributed by atoms with Crippen molar-refractivity contribution < 1.29 is 0 Å². The Morgan fingerprint density at radius 3 is 2.47 bits per heavy atom. The van der Waals surface area contributed by atoms with Crippen LogP contribution in [0.2, 0.25) is 0 Å². The minimum atomic E-state index is 0.358. The maximum atomic E-state index is 6.06. The molecule has 3 unspecified atom stereocenters. The fourth-order valence-corrected chi connectivity index (χ4v) is 3.58. The van der Waals surface area contributed by atoms with Crippen molar-refractivity contribution in [3.8, 4) is 0 Å². The molecule has 1 aromatic rings. The van der Waals surface area contributed by atoms with Crippen LogP contribution < -0.4 is 5.73 Å². The van der Waals surface area contributed by atoms with Gasteiger partial charge in [0, 0.05) is 30.1 Å². The minimum absolute atomic E-state index is 0.358. The van der Waals surface area contributed by atoms with E-state index in [9.17, 15) is 0 Å². The predicted octanol–water partition coefficient (Wildman–Crippen LogP) is 3.74. The lowest BCUT2D eigenvalue weighted by atomic mass is 9.89. The lowest BCUT2D eigenvalue weighted by molar-refractivity contribution is 0.0984. The maximum absolute atomic E-state index is 6.06. The van der Waals surface area contributed by atoms with Gasteiger partial charge in [0.05, 0.1) is 0 Å². The normalized spacial score (nSPS) is 26.4. The van der Waals surface area contributed by atoms with Crippen LogP contribution in [0.4, 0.5) is 0 Å². The van der Waals surface area contributed by atoms with Crippen LogP contribution in [-0.4, -0.2) is 24.5 Å². The highest BCUT2D eigenvalue weighted by molar-refractivity contribution is 9.10. The summed E-state index contributed by atoms with van der Waals surface area (Å²) in [7, 11) is 0. The minimum Gasteiger partial charge on any atom is -0.329 e. The highest BCUT2D eigenvalue weighted by Crippen LogP contribution is 2.30. The molecular formula is C16H25BrN2. The summed E-state index contributed by atoms with van der Waals surface area (Å²) in [6.45, 7) is 9.87. The fraction of sp³-hybridized carbons (Fsp3) is 0.625. The lowest BCUT2D eigenvalue weighted by Gasteiger charge is -2.40. The lowest BCUT2D eigenvalue weighted by Crippen LogP contribution is -2.43. The van der Waals surface area contributed by atoms with Crippen molar-refractivity contribution >= 4 is 15.9 Å². The van der Waals surface area contributed by atoms with E-state index in [2.05, 4.69) is 59.8 Å². The van der Waals surface area contributed by atoms with Gasteiger partial charge in [0.15, 0.2) is 0 Å². The van der Waals surface area contributed by atoms with Gasteiger partial charge in [-0.1, -0.05) is 41.9 Å². The van der Waals surface area contributed by atoms with Crippen LogP contribution in [0.5, 0.6) is 0 Å². The van der Waals surface area contributed by atoms with E-state index >= 15 is 0 Å². The molecule has 1 heterocycles. The summed E-state index contributed by atoms with van der Waals surface area (Å²) in [5.41, 5.74) is 8.70. The van der Waals surface area contributed by atoms with Crippen molar-refractivity contribution in [3.63, 3.8) is 0 Å². The Morgan fingerprint density at radius 1 is 1.32 bits per heavy atom. The molecule has 0 spiro atoms. The maximum Gasteiger partial charge on any atom is 0.0470 e. The average molecular weight is 325 g/mol. The number of hydrogen-bond acceptors (Lipinski definition) is 2. The van der Waals surface area contributed by atoms with Crippen molar-refractivity contribution in [2.45, 2.75) is 33.2 Å². The molecule has 1 aromatic carbocycles. The van der Waals surface area contributed by atoms with E-state index in [1.165, 1.54) is 35.1 Å². The molecule has 0 radical (unpaired) electrons. The Morgan fingerprint density at radius 2 is 1.95 bits per heavy atom. The summed E-state index contributed by atoms with van der Waals surface area (Å²) >= 11 is 3.57. The Balaban J connectivity index is 2.21. The van der Waals surface area contributed by atoms with Gasteiger partial charge in [0.25, 0.3) is 0 Å². The zero-order valence-electron chi connectivity index (χ0n) is 12.2. The molecule has 0 aromatic heterocycles. The Labute approximate surface area is 125 Å². The number of nitrogens with two attached hydrogens (primary N) is 1. The van der Waals surface area contributed by atoms with Crippen LogP contribution in [0.1, 0.15) is 37.4 Å². The van der Waals surface area contributed by atoms with Gasteiger partial charge in [0.1, 0.15) is 0 Å². The second kappa shape index (κ2) is 6.38. The number of hydrogen-bond donors (Lipinski definition) is 1. The summed E-state index contributed by atoms with van der Waals surface area (Å²) in [5.74, 6) is 1.55. The van der Waals surface area contributed by atoms with E-state index in [1.807, 2.05) is 0 Å². The molecule has 2 nitrogen and oxygen atoms in total. The van der Waals surface area contributed by atoms with Gasteiger partial charge in [-0.25, -0.2) is 0 Å². The fourth-order valence-electron chi connectivity index (χ4n) is 3.34. The van der Waals surface area contributed by atoms with Gasteiger partial charge >= 0.3 is 0 Å². The first-order chi connectivity index (χ1) is 9.01. The van der Waals surface area contributed by atoms with Gasteiger partial charge in [-0.3, -0.25) is 4.90 Å². The zero-order chi connectivity index (χ0) is 14.0. The monoisotopic (exact) mass is 324 g/mol. The van der Waals surface area contributed by atoms with E-state index < -0.39 is 0 Å². The summed E-state index contributed by atoms with van der Waals surface area (Å²) in [4.78, 5) is 2.57. The molecule has 1 saturated heterocycles. The second-order valence-electron chi connectivity index (χ2n) is 6.16. The van der Waals surface area contributed by atoms with Crippen molar-refractivity contribution in [1.82, 2.24) is 4.90 Å². The third kappa shape index (κ3) is 3.59. The van der Waals surface area contributed by atoms with Gasteiger partial charge in [0.2, 0.25) is 0 Å². The molecule has 1 aliphatic rings. The molecule has 19 heavy (non-hydrogen) atoms. The van der Waals surface area contributed by atoms with Gasteiger partial charge in [-0.2, -0.15) is 0 Å². The van der Waals surface area contributed by atoms with Crippen molar-refractivity contribution in [3.05, 3.63) is 33.8 Å². The van der Waals surface area contributed by atoms with Crippen molar-refractivity contribution in [2.75, 3.05) is 19.6 Å². The topological polar surface area (TPSA) is 29.3 Å². The summed E-state index contributed by atoms with van der Waals surface area (Å²) < 4.78 is 1.17. The van der Waals surface area contributed by atoms with E-state index in [1.54, 1.807) is 0 Å². The van der Waals surface area contributed by atoms with Gasteiger partial charge < -0.3 is 5.73 Å². The van der Waals surface area contributed by atoms with Crippen LogP contribution in [0.15, 0.2) is 22.7 Å². The van der Waals surface area contributed by atoms with Crippen LogP contribution in [0.3, 0.4) is 0 Å². The molecule has 0 aliphatic carbocycles. The Bertz CT molecular complexity index is 423. The van der Waals surface area contributed by atoms with E-state index in [0.717, 1.165) is 11.8 Å². The summed E-state index contributed by atoms with van der Waals surface area (Å²) in [6, 6.07) is 6.98. The van der Waals surface area contributed by atoms with Crippen LogP contribution in [0.25, 0.3) is 0 Å².